The third-order valence-corrected chi connectivity index (χ3v) is 4.49. The first-order chi connectivity index (χ1) is 9.65. The van der Waals surface area contributed by atoms with Gasteiger partial charge < -0.3 is 9.47 Å². The molecule has 0 bridgehead atoms. The molecule has 2 aromatic rings. The van der Waals surface area contributed by atoms with Gasteiger partial charge in [0.2, 0.25) is 0 Å². The molecule has 2 heterocycles. The van der Waals surface area contributed by atoms with Gasteiger partial charge in [-0.25, -0.2) is 0 Å². The Morgan fingerprint density at radius 2 is 2.20 bits per heavy atom. The molecular weight excluding hydrogens is 250 g/mol. The minimum Gasteiger partial charge on any atom is -0.497 e. The number of aromatic nitrogens is 1. The van der Waals surface area contributed by atoms with Crippen LogP contribution < -0.4 is 9.47 Å². The van der Waals surface area contributed by atoms with Gasteiger partial charge >= 0.3 is 0 Å². The van der Waals surface area contributed by atoms with E-state index in [9.17, 15) is 0 Å². The molecule has 1 unspecified atom stereocenters. The Bertz CT molecular complexity index is 612. The van der Waals surface area contributed by atoms with Gasteiger partial charge in [-0.15, -0.1) is 0 Å². The van der Waals surface area contributed by atoms with Crippen LogP contribution in [0, 0.1) is 0 Å². The number of nitrogens with zero attached hydrogens (tertiary/aromatic N) is 1. The number of pyridine rings is 1. The molecule has 3 heteroatoms. The lowest BCUT2D eigenvalue weighted by Crippen LogP contribution is -2.39. The summed E-state index contributed by atoms with van der Waals surface area (Å²) in [4.78, 5) is 4.25. The van der Waals surface area contributed by atoms with Gasteiger partial charge in [-0.2, -0.15) is 0 Å². The summed E-state index contributed by atoms with van der Waals surface area (Å²) in [5.41, 5.74) is 2.38. The van der Waals surface area contributed by atoms with Gasteiger partial charge in [-0.3, -0.25) is 4.98 Å². The molecule has 2 atom stereocenters. The van der Waals surface area contributed by atoms with E-state index in [0.29, 0.717) is 12.5 Å². The van der Waals surface area contributed by atoms with Crippen LogP contribution in [-0.2, 0) is 5.41 Å². The quantitative estimate of drug-likeness (QED) is 0.835. The Balaban J connectivity index is 2.02. The van der Waals surface area contributed by atoms with Crippen LogP contribution in [0.15, 0.2) is 42.7 Å². The highest BCUT2D eigenvalue weighted by atomic mass is 16.5. The molecule has 20 heavy (non-hydrogen) atoms. The fourth-order valence-corrected chi connectivity index (χ4v) is 2.85. The molecule has 0 saturated heterocycles. The van der Waals surface area contributed by atoms with Gasteiger partial charge in [0.15, 0.2) is 0 Å². The van der Waals surface area contributed by atoms with E-state index in [-0.39, 0.29) is 5.41 Å². The second-order valence-corrected chi connectivity index (χ2v) is 5.57. The zero-order valence-electron chi connectivity index (χ0n) is 12.1. The molecule has 0 amide bonds. The van der Waals surface area contributed by atoms with Crippen LogP contribution in [-0.4, -0.2) is 18.7 Å². The summed E-state index contributed by atoms with van der Waals surface area (Å²) in [6.07, 6.45) is 3.74. The summed E-state index contributed by atoms with van der Waals surface area (Å²) in [5.74, 6) is 2.13. The molecule has 1 aliphatic rings. The summed E-state index contributed by atoms with van der Waals surface area (Å²) in [6, 6.07) is 10.2. The number of rotatable bonds is 2. The smallest absolute Gasteiger partial charge is 0.126 e. The van der Waals surface area contributed by atoms with Crippen molar-refractivity contribution >= 4 is 0 Å². The Hall–Kier alpha value is -2.03. The molecule has 104 valence electrons. The van der Waals surface area contributed by atoms with E-state index < -0.39 is 0 Å². The molecule has 3 rings (SSSR count). The largest absolute Gasteiger partial charge is 0.497 e. The molecule has 0 radical (unpaired) electrons. The summed E-state index contributed by atoms with van der Waals surface area (Å²) in [5, 5.41) is 0. The molecule has 0 saturated carbocycles. The van der Waals surface area contributed by atoms with Gasteiger partial charge in [0.05, 0.1) is 13.7 Å². The van der Waals surface area contributed by atoms with Crippen molar-refractivity contribution in [3.63, 3.8) is 0 Å². The summed E-state index contributed by atoms with van der Waals surface area (Å²) in [6.45, 7) is 5.14. The van der Waals surface area contributed by atoms with E-state index >= 15 is 0 Å². The first kappa shape index (κ1) is 13.0. The molecule has 1 aliphatic heterocycles. The topological polar surface area (TPSA) is 31.4 Å². The Kier molecular flexibility index (Phi) is 3.13. The normalized spacial score (nSPS) is 24.6. The number of benzene rings is 1. The van der Waals surface area contributed by atoms with Crippen LogP contribution in [0.2, 0.25) is 0 Å². The highest BCUT2D eigenvalue weighted by molar-refractivity contribution is 5.47. The van der Waals surface area contributed by atoms with Crippen molar-refractivity contribution in [3.05, 3.63) is 53.9 Å². The Labute approximate surface area is 119 Å². The number of methoxy groups -OCH3 is 1. The number of hydrogen-bond donors (Lipinski definition) is 0. The van der Waals surface area contributed by atoms with E-state index in [2.05, 4.69) is 31.0 Å². The van der Waals surface area contributed by atoms with Crippen LogP contribution in [0.3, 0.4) is 0 Å². The fraction of sp³-hybridized carbons (Fsp3) is 0.353. The Morgan fingerprint density at radius 1 is 1.35 bits per heavy atom. The SMILES string of the molecule is COc1ccc2c(c1)OCC(C)(c1cccnc1)[C@@H]2C. The lowest BCUT2D eigenvalue weighted by atomic mass is 9.69. The maximum atomic E-state index is 6.00. The van der Waals surface area contributed by atoms with Crippen LogP contribution in [0.25, 0.3) is 0 Å². The number of fused-ring (bicyclic) bond motifs is 1. The third kappa shape index (κ3) is 1.94. The summed E-state index contributed by atoms with van der Waals surface area (Å²) < 4.78 is 11.3. The van der Waals surface area contributed by atoms with Crippen molar-refractivity contribution in [2.45, 2.75) is 25.2 Å². The highest BCUT2D eigenvalue weighted by Crippen LogP contribution is 2.46. The average Bonchev–Trinajstić information content (AvgIpc) is 2.51. The standard InChI is InChI=1S/C17H19NO2/c1-12-15-7-6-14(19-3)9-16(15)20-11-17(12,2)13-5-4-8-18-10-13/h4-10,12H,11H2,1-3H3/t12-,17?/m1/s1. The first-order valence-corrected chi connectivity index (χ1v) is 6.86. The van der Waals surface area contributed by atoms with Crippen molar-refractivity contribution in [2.24, 2.45) is 0 Å². The van der Waals surface area contributed by atoms with Crippen molar-refractivity contribution in [1.82, 2.24) is 4.98 Å². The van der Waals surface area contributed by atoms with Crippen LogP contribution in [0.1, 0.15) is 30.9 Å². The average molecular weight is 269 g/mol. The number of ether oxygens (including phenoxy) is 2. The van der Waals surface area contributed by atoms with E-state index in [1.165, 1.54) is 11.1 Å². The van der Waals surface area contributed by atoms with Gasteiger partial charge in [-0.05, 0) is 29.2 Å². The predicted molar refractivity (Wildman–Crippen MR) is 78.5 cm³/mol. The van der Waals surface area contributed by atoms with Crippen LogP contribution >= 0.6 is 0 Å². The predicted octanol–water partition coefficient (Wildman–Crippen LogP) is 3.54. The highest BCUT2D eigenvalue weighted by Gasteiger charge is 2.40. The van der Waals surface area contributed by atoms with Crippen LogP contribution in [0.4, 0.5) is 0 Å². The van der Waals surface area contributed by atoms with E-state index in [1.54, 1.807) is 13.3 Å². The minimum absolute atomic E-state index is 0.0597. The summed E-state index contributed by atoms with van der Waals surface area (Å²) in [7, 11) is 1.67. The molecule has 0 spiro atoms. The van der Waals surface area contributed by atoms with Gasteiger partial charge in [-0.1, -0.05) is 26.0 Å². The number of hydrogen-bond acceptors (Lipinski definition) is 3. The zero-order chi connectivity index (χ0) is 14.2. The van der Waals surface area contributed by atoms with E-state index in [4.69, 9.17) is 9.47 Å². The van der Waals surface area contributed by atoms with Crippen molar-refractivity contribution in [3.8, 4) is 11.5 Å². The maximum Gasteiger partial charge on any atom is 0.126 e. The van der Waals surface area contributed by atoms with Gasteiger partial charge in [0, 0.05) is 23.9 Å². The Morgan fingerprint density at radius 3 is 2.90 bits per heavy atom. The third-order valence-electron chi connectivity index (χ3n) is 4.49. The van der Waals surface area contributed by atoms with Crippen molar-refractivity contribution < 1.29 is 9.47 Å². The molecular formula is C17H19NO2. The lowest BCUT2D eigenvalue weighted by molar-refractivity contribution is 0.175. The molecule has 0 N–H and O–H groups in total. The minimum atomic E-state index is -0.0597. The monoisotopic (exact) mass is 269 g/mol. The van der Waals surface area contributed by atoms with Gasteiger partial charge in [0.25, 0.3) is 0 Å². The second-order valence-electron chi connectivity index (χ2n) is 5.57. The lowest BCUT2D eigenvalue weighted by Gasteiger charge is -2.40. The molecule has 1 aromatic heterocycles. The first-order valence-electron chi connectivity index (χ1n) is 6.86. The molecule has 3 nitrogen and oxygen atoms in total. The maximum absolute atomic E-state index is 6.00. The molecule has 0 fully saturated rings. The summed E-state index contributed by atoms with van der Waals surface area (Å²) >= 11 is 0. The van der Waals surface area contributed by atoms with E-state index in [0.717, 1.165) is 11.5 Å². The zero-order valence-corrected chi connectivity index (χ0v) is 12.1. The molecule has 0 aliphatic carbocycles. The molecule has 1 aromatic carbocycles. The van der Waals surface area contributed by atoms with E-state index in [1.807, 2.05) is 24.4 Å². The van der Waals surface area contributed by atoms with Crippen molar-refractivity contribution in [2.75, 3.05) is 13.7 Å². The second kappa shape index (κ2) is 4.82. The van der Waals surface area contributed by atoms with Gasteiger partial charge in [0.1, 0.15) is 11.5 Å². The fourth-order valence-electron chi connectivity index (χ4n) is 2.85. The van der Waals surface area contributed by atoms with Crippen molar-refractivity contribution in [1.29, 1.82) is 0 Å². The van der Waals surface area contributed by atoms with Crippen LogP contribution in [0.5, 0.6) is 11.5 Å².